The number of nitrogens with zero attached hydrogens (tertiary/aromatic N) is 3. The van der Waals surface area contributed by atoms with E-state index >= 15 is 0 Å². The zero-order valence-corrected chi connectivity index (χ0v) is 13.1. The lowest BCUT2D eigenvalue weighted by atomic mass is 10.2. The van der Waals surface area contributed by atoms with E-state index in [1.807, 2.05) is 7.05 Å². The molecular weight excluding hydrogens is 299 g/mol. The summed E-state index contributed by atoms with van der Waals surface area (Å²) in [6.07, 6.45) is 2.25. The molecular formula is C16H19FN4O2. The van der Waals surface area contributed by atoms with Crippen molar-refractivity contribution < 1.29 is 14.3 Å². The van der Waals surface area contributed by atoms with Gasteiger partial charge in [-0.15, -0.1) is 0 Å². The number of carbonyl (C=O) groups excluding carboxylic acids is 1. The molecule has 0 aliphatic carbocycles. The van der Waals surface area contributed by atoms with Crippen LogP contribution in [-0.2, 0) is 0 Å². The topological polar surface area (TPSA) is 70.4 Å². The first-order valence-corrected chi connectivity index (χ1v) is 7.51. The molecule has 2 aromatic rings. The lowest BCUT2D eigenvalue weighted by molar-refractivity contribution is 0.0780. The molecule has 1 aromatic carbocycles. The second-order valence-electron chi connectivity index (χ2n) is 5.76. The maximum absolute atomic E-state index is 13.2. The number of amides is 1. The van der Waals surface area contributed by atoms with Crippen molar-refractivity contribution in [1.29, 1.82) is 0 Å². The first kappa shape index (κ1) is 15.5. The van der Waals surface area contributed by atoms with Crippen LogP contribution in [0.5, 0.6) is 5.75 Å². The minimum absolute atomic E-state index is 0.0190. The average molecular weight is 318 g/mol. The predicted molar refractivity (Wildman–Crippen MR) is 83.3 cm³/mol. The standard InChI is InChI=1S/C16H19FN4O2/c1-10-7-11(17)3-4-13(10)21-9-14(22)15(19-21)16(23)20-6-5-12(8-20)18-2/h3-4,7,9,12,18,22H,5-6,8H2,1-2H3/t12-/m0/s1. The highest BCUT2D eigenvalue weighted by molar-refractivity contribution is 5.95. The number of benzene rings is 1. The van der Waals surface area contributed by atoms with Gasteiger partial charge in [-0.1, -0.05) is 0 Å². The molecule has 23 heavy (non-hydrogen) atoms. The van der Waals surface area contributed by atoms with Crippen molar-refractivity contribution in [2.45, 2.75) is 19.4 Å². The molecule has 7 heteroatoms. The fourth-order valence-electron chi connectivity index (χ4n) is 2.85. The zero-order chi connectivity index (χ0) is 16.6. The van der Waals surface area contributed by atoms with E-state index in [2.05, 4.69) is 10.4 Å². The van der Waals surface area contributed by atoms with E-state index in [1.54, 1.807) is 17.9 Å². The minimum Gasteiger partial charge on any atom is -0.504 e. The molecule has 122 valence electrons. The summed E-state index contributed by atoms with van der Waals surface area (Å²) in [6, 6.07) is 4.54. The Labute approximate surface area is 133 Å². The Bertz CT molecular complexity index is 744. The van der Waals surface area contributed by atoms with Crippen LogP contribution < -0.4 is 5.32 Å². The van der Waals surface area contributed by atoms with Crippen molar-refractivity contribution >= 4 is 5.91 Å². The zero-order valence-electron chi connectivity index (χ0n) is 13.1. The van der Waals surface area contributed by atoms with Crippen LogP contribution >= 0.6 is 0 Å². The van der Waals surface area contributed by atoms with Crippen molar-refractivity contribution in [2.24, 2.45) is 0 Å². The Balaban J connectivity index is 1.88. The van der Waals surface area contributed by atoms with E-state index in [4.69, 9.17) is 0 Å². The fraction of sp³-hybridized carbons (Fsp3) is 0.375. The molecule has 1 aliphatic rings. The van der Waals surface area contributed by atoms with E-state index in [-0.39, 0.29) is 29.2 Å². The van der Waals surface area contributed by atoms with Gasteiger partial charge in [-0.3, -0.25) is 4.79 Å². The summed E-state index contributed by atoms with van der Waals surface area (Å²) in [7, 11) is 1.86. The van der Waals surface area contributed by atoms with Crippen molar-refractivity contribution in [1.82, 2.24) is 20.0 Å². The number of hydrogen-bond acceptors (Lipinski definition) is 4. The van der Waals surface area contributed by atoms with Crippen LogP contribution in [0.1, 0.15) is 22.5 Å². The maximum atomic E-state index is 13.2. The summed E-state index contributed by atoms with van der Waals surface area (Å²) in [6.45, 7) is 2.97. The van der Waals surface area contributed by atoms with Gasteiger partial charge in [0.25, 0.3) is 5.91 Å². The quantitative estimate of drug-likeness (QED) is 0.899. The van der Waals surface area contributed by atoms with Crippen molar-refractivity contribution in [3.05, 3.63) is 41.5 Å². The summed E-state index contributed by atoms with van der Waals surface area (Å²) in [4.78, 5) is 14.2. The van der Waals surface area contributed by atoms with Gasteiger partial charge in [0.05, 0.1) is 11.9 Å². The Morgan fingerprint density at radius 1 is 1.48 bits per heavy atom. The molecule has 0 bridgehead atoms. The lowest BCUT2D eigenvalue weighted by Gasteiger charge is -2.15. The molecule has 0 spiro atoms. The number of halogens is 1. The molecule has 1 aliphatic heterocycles. The summed E-state index contributed by atoms with van der Waals surface area (Å²) >= 11 is 0. The number of likely N-dealkylation sites (N-methyl/N-ethyl adjacent to an activating group) is 1. The molecule has 0 unspecified atom stereocenters. The van der Waals surface area contributed by atoms with Crippen LogP contribution in [0.3, 0.4) is 0 Å². The number of likely N-dealkylation sites (tertiary alicyclic amines) is 1. The average Bonchev–Trinajstić information content (AvgIpc) is 3.13. The van der Waals surface area contributed by atoms with Crippen molar-refractivity contribution in [2.75, 3.05) is 20.1 Å². The van der Waals surface area contributed by atoms with E-state index in [0.717, 1.165) is 6.42 Å². The molecule has 3 rings (SSSR count). The van der Waals surface area contributed by atoms with E-state index < -0.39 is 0 Å². The predicted octanol–water partition coefficient (Wildman–Crippen LogP) is 1.46. The second-order valence-corrected chi connectivity index (χ2v) is 5.76. The van der Waals surface area contributed by atoms with Gasteiger partial charge in [0, 0.05) is 19.1 Å². The van der Waals surface area contributed by atoms with Gasteiger partial charge in [0.1, 0.15) is 5.82 Å². The Kier molecular flexibility index (Phi) is 4.04. The molecule has 1 saturated heterocycles. The highest BCUT2D eigenvalue weighted by Crippen LogP contribution is 2.23. The Morgan fingerprint density at radius 2 is 2.26 bits per heavy atom. The van der Waals surface area contributed by atoms with Gasteiger partial charge < -0.3 is 15.3 Å². The normalized spacial score (nSPS) is 17.7. The minimum atomic E-state index is -0.339. The molecule has 1 aromatic heterocycles. The van der Waals surface area contributed by atoms with Gasteiger partial charge in [0.2, 0.25) is 0 Å². The van der Waals surface area contributed by atoms with E-state index in [9.17, 15) is 14.3 Å². The number of hydrogen-bond donors (Lipinski definition) is 2. The van der Waals surface area contributed by atoms with Gasteiger partial charge in [0.15, 0.2) is 11.4 Å². The molecule has 1 amide bonds. The fourth-order valence-corrected chi connectivity index (χ4v) is 2.85. The summed E-state index contributed by atoms with van der Waals surface area (Å²) in [5.74, 6) is -0.806. The van der Waals surface area contributed by atoms with Crippen LogP contribution in [0.4, 0.5) is 4.39 Å². The highest BCUT2D eigenvalue weighted by atomic mass is 19.1. The smallest absolute Gasteiger partial charge is 0.278 e. The molecule has 2 heterocycles. The van der Waals surface area contributed by atoms with Crippen LogP contribution in [0.15, 0.2) is 24.4 Å². The number of aryl methyl sites for hydroxylation is 1. The molecule has 1 atom stereocenters. The van der Waals surface area contributed by atoms with Crippen LogP contribution in [0.25, 0.3) is 5.69 Å². The Hall–Kier alpha value is -2.41. The van der Waals surface area contributed by atoms with Crippen molar-refractivity contribution in [3.63, 3.8) is 0 Å². The van der Waals surface area contributed by atoms with Crippen LogP contribution in [0, 0.1) is 12.7 Å². The summed E-state index contributed by atoms with van der Waals surface area (Å²) < 4.78 is 14.6. The van der Waals surface area contributed by atoms with Gasteiger partial charge in [-0.25, -0.2) is 9.07 Å². The Morgan fingerprint density at radius 3 is 2.91 bits per heavy atom. The first-order valence-electron chi connectivity index (χ1n) is 7.51. The molecule has 1 fully saturated rings. The van der Waals surface area contributed by atoms with Crippen LogP contribution in [0.2, 0.25) is 0 Å². The van der Waals surface area contributed by atoms with Gasteiger partial charge in [-0.2, -0.15) is 5.10 Å². The molecule has 0 radical (unpaired) electrons. The number of aromatic nitrogens is 2. The van der Waals surface area contributed by atoms with Crippen molar-refractivity contribution in [3.8, 4) is 11.4 Å². The lowest BCUT2D eigenvalue weighted by Crippen LogP contribution is -2.33. The third-order valence-electron chi connectivity index (χ3n) is 4.19. The molecule has 0 saturated carbocycles. The number of aromatic hydroxyl groups is 1. The molecule has 6 nitrogen and oxygen atoms in total. The third kappa shape index (κ3) is 2.92. The SMILES string of the molecule is CN[C@H]1CCN(C(=O)c2nn(-c3ccc(F)cc3C)cc2O)C1. The summed E-state index contributed by atoms with van der Waals surface area (Å²) in [5.41, 5.74) is 1.31. The highest BCUT2D eigenvalue weighted by Gasteiger charge is 2.29. The second kappa shape index (κ2) is 6.00. The third-order valence-corrected chi connectivity index (χ3v) is 4.19. The first-order chi connectivity index (χ1) is 11.0. The number of nitrogens with one attached hydrogen (secondary N) is 1. The monoisotopic (exact) mass is 318 g/mol. The number of carbonyl (C=O) groups is 1. The largest absolute Gasteiger partial charge is 0.504 e. The van der Waals surface area contributed by atoms with E-state index in [1.165, 1.54) is 23.0 Å². The molecule has 2 N–H and O–H groups in total. The van der Waals surface area contributed by atoms with E-state index in [0.29, 0.717) is 24.3 Å². The van der Waals surface area contributed by atoms with Crippen LogP contribution in [-0.4, -0.2) is 51.9 Å². The summed E-state index contributed by atoms with van der Waals surface area (Å²) in [5, 5.41) is 17.4. The maximum Gasteiger partial charge on any atom is 0.278 e. The van der Waals surface area contributed by atoms with Gasteiger partial charge in [-0.05, 0) is 44.2 Å². The number of rotatable bonds is 3. The van der Waals surface area contributed by atoms with Gasteiger partial charge >= 0.3 is 0 Å².